The van der Waals surface area contributed by atoms with Crippen LogP contribution in [0.15, 0.2) is 47.6 Å². The number of nitrogens with one attached hydrogen (secondary N) is 2. The quantitative estimate of drug-likeness (QED) is 0.438. The topological polar surface area (TPSA) is 100 Å². The molecule has 3 N–H and O–H groups in total. The first kappa shape index (κ1) is 17.9. The Balaban J connectivity index is 1.92. The molecule has 25 heavy (non-hydrogen) atoms. The Labute approximate surface area is 143 Å². The van der Waals surface area contributed by atoms with Crippen molar-refractivity contribution in [1.82, 2.24) is 5.43 Å². The second kappa shape index (κ2) is 8.44. The summed E-state index contributed by atoms with van der Waals surface area (Å²) < 4.78 is 18.0. The van der Waals surface area contributed by atoms with Gasteiger partial charge in [0.2, 0.25) is 0 Å². The minimum absolute atomic E-state index is 0.0123. The van der Waals surface area contributed by atoms with Gasteiger partial charge in [0.15, 0.2) is 11.5 Å². The maximum Gasteiger partial charge on any atom is 0.329 e. The third kappa shape index (κ3) is 5.31. The number of phenols is 1. The molecule has 2 aromatic rings. The third-order valence-electron chi connectivity index (χ3n) is 2.97. The average molecular weight is 345 g/mol. The van der Waals surface area contributed by atoms with E-state index in [9.17, 15) is 19.1 Å². The van der Waals surface area contributed by atoms with E-state index in [-0.39, 0.29) is 17.2 Å². The fraction of sp³-hybridized carbons (Fsp3) is 0.118. The van der Waals surface area contributed by atoms with Gasteiger partial charge < -0.3 is 15.2 Å². The summed E-state index contributed by atoms with van der Waals surface area (Å²) in [7, 11) is 0. The van der Waals surface area contributed by atoms with Crippen molar-refractivity contribution in [1.29, 1.82) is 0 Å². The van der Waals surface area contributed by atoms with Crippen LogP contribution in [0, 0.1) is 5.82 Å². The molecule has 130 valence electrons. The zero-order valence-corrected chi connectivity index (χ0v) is 13.3. The number of anilines is 1. The van der Waals surface area contributed by atoms with Crippen LogP contribution in [-0.2, 0) is 9.59 Å². The number of carbonyl (C=O) groups excluding carboxylic acids is 2. The second-order valence-electron chi connectivity index (χ2n) is 4.82. The van der Waals surface area contributed by atoms with Gasteiger partial charge in [-0.05, 0) is 55.0 Å². The number of hydrogen-bond donors (Lipinski definition) is 3. The lowest BCUT2D eigenvalue weighted by Crippen LogP contribution is -2.32. The highest BCUT2D eigenvalue weighted by atomic mass is 19.1. The van der Waals surface area contributed by atoms with Crippen LogP contribution in [0.5, 0.6) is 11.5 Å². The average Bonchev–Trinajstić information content (AvgIpc) is 2.59. The first-order chi connectivity index (χ1) is 12.0. The number of halogens is 1. The predicted octanol–water partition coefficient (Wildman–Crippen LogP) is 2.02. The molecule has 0 bridgehead atoms. The molecule has 0 saturated carbocycles. The number of rotatable bonds is 5. The summed E-state index contributed by atoms with van der Waals surface area (Å²) in [5.74, 6) is -2.10. The van der Waals surface area contributed by atoms with E-state index in [0.29, 0.717) is 12.2 Å². The van der Waals surface area contributed by atoms with Crippen molar-refractivity contribution in [2.45, 2.75) is 6.92 Å². The van der Waals surface area contributed by atoms with Crippen molar-refractivity contribution in [3.05, 3.63) is 53.8 Å². The molecule has 0 heterocycles. The first-order valence-electron chi connectivity index (χ1n) is 7.35. The van der Waals surface area contributed by atoms with Crippen molar-refractivity contribution < 1.29 is 23.8 Å². The molecule has 0 aliphatic heterocycles. The second-order valence-corrected chi connectivity index (χ2v) is 4.82. The molecule has 2 rings (SSSR count). The lowest BCUT2D eigenvalue weighted by atomic mass is 10.2. The van der Waals surface area contributed by atoms with E-state index in [1.807, 2.05) is 0 Å². The van der Waals surface area contributed by atoms with Crippen LogP contribution in [-0.4, -0.2) is 29.7 Å². The van der Waals surface area contributed by atoms with Gasteiger partial charge in [-0.15, -0.1) is 0 Å². The molecule has 0 unspecified atom stereocenters. The lowest BCUT2D eigenvalue weighted by Gasteiger charge is -2.06. The highest BCUT2D eigenvalue weighted by molar-refractivity contribution is 6.39. The van der Waals surface area contributed by atoms with E-state index in [1.54, 1.807) is 13.0 Å². The monoisotopic (exact) mass is 345 g/mol. The molecule has 0 spiro atoms. The minimum atomic E-state index is -0.982. The molecule has 0 radical (unpaired) electrons. The van der Waals surface area contributed by atoms with Crippen molar-refractivity contribution in [3.8, 4) is 11.5 Å². The number of hydrazone groups is 1. The molecule has 2 aromatic carbocycles. The van der Waals surface area contributed by atoms with E-state index in [1.165, 1.54) is 30.5 Å². The Morgan fingerprint density at radius 2 is 1.92 bits per heavy atom. The number of benzene rings is 2. The Bertz CT molecular complexity index is 791. The van der Waals surface area contributed by atoms with Gasteiger partial charge in [-0.2, -0.15) is 5.10 Å². The molecule has 0 atom stereocenters. The van der Waals surface area contributed by atoms with Crippen molar-refractivity contribution in [2.75, 3.05) is 11.9 Å². The van der Waals surface area contributed by atoms with Crippen molar-refractivity contribution in [3.63, 3.8) is 0 Å². The van der Waals surface area contributed by atoms with Gasteiger partial charge in [-0.1, -0.05) is 0 Å². The van der Waals surface area contributed by atoms with Crippen LogP contribution < -0.4 is 15.5 Å². The van der Waals surface area contributed by atoms with Gasteiger partial charge in [-0.25, -0.2) is 9.82 Å². The zero-order chi connectivity index (χ0) is 18.2. The summed E-state index contributed by atoms with van der Waals surface area (Å²) in [6.45, 7) is 2.16. The predicted molar refractivity (Wildman–Crippen MR) is 90.0 cm³/mol. The molecule has 0 aromatic heterocycles. The van der Waals surface area contributed by atoms with Gasteiger partial charge in [0.1, 0.15) is 5.82 Å². The number of hydrogen-bond acceptors (Lipinski definition) is 5. The number of nitrogens with zero attached hydrogens (tertiary/aromatic N) is 1. The molecule has 0 aliphatic carbocycles. The molecule has 0 saturated heterocycles. The third-order valence-corrected chi connectivity index (χ3v) is 2.97. The molecule has 0 aliphatic rings. The minimum Gasteiger partial charge on any atom is -0.504 e. The molecule has 7 nitrogen and oxygen atoms in total. The van der Waals surface area contributed by atoms with E-state index < -0.39 is 17.6 Å². The van der Waals surface area contributed by atoms with Crippen LogP contribution in [0.4, 0.5) is 10.1 Å². The first-order valence-corrected chi connectivity index (χ1v) is 7.35. The van der Waals surface area contributed by atoms with Gasteiger partial charge in [0, 0.05) is 5.69 Å². The highest BCUT2D eigenvalue weighted by Crippen LogP contribution is 2.26. The van der Waals surface area contributed by atoms with Crippen molar-refractivity contribution >= 4 is 23.7 Å². The summed E-state index contributed by atoms with van der Waals surface area (Å²) >= 11 is 0. The van der Waals surface area contributed by atoms with Crippen LogP contribution >= 0.6 is 0 Å². The summed E-state index contributed by atoms with van der Waals surface area (Å²) in [5.41, 5.74) is 2.91. The lowest BCUT2D eigenvalue weighted by molar-refractivity contribution is -0.136. The maximum absolute atomic E-state index is 12.8. The summed E-state index contributed by atoms with van der Waals surface area (Å²) in [5, 5.41) is 15.6. The summed E-state index contributed by atoms with van der Waals surface area (Å²) in [6.07, 6.45) is 1.30. The van der Waals surface area contributed by atoms with E-state index in [2.05, 4.69) is 15.8 Å². The normalized spacial score (nSPS) is 10.5. The standard InChI is InChI=1S/C17H16FN3O4/c1-2-25-15-9-11(3-8-14(15)22)10-19-21-17(24)16(23)20-13-6-4-12(18)5-7-13/h3-10,22H,2H2,1H3,(H,20,23)(H,21,24). The summed E-state index contributed by atoms with van der Waals surface area (Å²) in [4.78, 5) is 23.3. The van der Waals surface area contributed by atoms with Gasteiger partial charge in [-0.3, -0.25) is 9.59 Å². The Hall–Kier alpha value is -3.42. The van der Waals surface area contributed by atoms with E-state index >= 15 is 0 Å². The molecule has 2 amide bonds. The number of amides is 2. The van der Waals surface area contributed by atoms with Gasteiger partial charge in [0.05, 0.1) is 12.8 Å². The van der Waals surface area contributed by atoms with Gasteiger partial charge >= 0.3 is 11.8 Å². The maximum atomic E-state index is 12.8. The number of aromatic hydroxyl groups is 1. The smallest absolute Gasteiger partial charge is 0.329 e. The van der Waals surface area contributed by atoms with Crippen molar-refractivity contribution in [2.24, 2.45) is 5.10 Å². The van der Waals surface area contributed by atoms with Crippen LogP contribution in [0.2, 0.25) is 0 Å². The highest BCUT2D eigenvalue weighted by Gasteiger charge is 2.12. The molecular weight excluding hydrogens is 329 g/mol. The van der Waals surface area contributed by atoms with Crippen LogP contribution in [0.25, 0.3) is 0 Å². The fourth-order valence-corrected chi connectivity index (χ4v) is 1.82. The molecule has 0 fully saturated rings. The Kier molecular flexibility index (Phi) is 6.05. The SMILES string of the molecule is CCOc1cc(C=NNC(=O)C(=O)Nc2ccc(F)cc2)ccc1O. The van der Waals surface area contributed by atoms with Gasteiger partial charge in [0.25, 0.3) is 0 Å². The number of carbonyl (C=O) groups is 2. The summed E-state index contributed by atoms with van der Waals surface area (Å²) in [6, 6.07) is 9.50. The van der Waals surface area contributed by atoms with Crippen LogP contribution in [0.3, 0.4) is 0 Å². The molecule has 8 heteroatoms. The largest absolute Gasteiger partial charge is 0.504 e. The van der Waals surface area contributed by atoms with E-state index in [4.69, 9.17) is 4.74 Å². The molecular formula is C17H16FN3O4. The van der Waals surface area contributed by atoms with Crippen LogP contribution in [0.1, 0.15) is 12.5 Å². The Morgan fingerprint density at radius 1 is 1.20 bits per heavy atom. The van der Waals surface area contributed by atoms with E-state index in [0.717, 1.165) is 12.1 Å². The Morgan fingerprint density at radius 3 is 2.60 bits per heavy atom. The fourth-order valence-electron chi connectivity index (χ4n) is 1.82. The number of ether oxygens (including phenoxy) is 1. The zero-order valence-electron chi connectivity index (χ0n) is 13.3. The number of phenolic OH excluding ortho intramolecular Hbond substituents is 1.